The van der Waals surface area contributed by atoms with Crippen LogP contribution in [0, 0.1) is 0 Å². The maximum Gasteiger partial charge on any atom is 0.188 e. The van der Waals surface area contributed by atoms with Crippen LogP contribution in [0.2, 0.25) is 0 Å². The number of hydrogen-bond acceptors (Lipinski definition) is 6. The molecule has 1 atom stereocenters. The molecule has 0 amide bonds. The number of likely N-dealkylation sites (tertiary alicyclic amines) is 1. The lowest BCUT2D eigenvalue weighted by Crippen LogP contribution is -2.22. The van der Waals surface area contributed by atoms with E-state index in [1.54, 1.807) is 35.9 Å². The molecule has 1 aliphatic rings. The third-order valence-electron chi connectivity index (χ3n) is 4.32. The smallest absolute Gasteiger partial charge is 0.188 e. The number of hydrogen-bond donors (Lipinski definition) is 1. The zero-order valence-corrected chi connectivity index (χ0v) is 14.0. The van der Waals surface area contributed by atoms with E-state index in [0.717, 1.165) is 30.2 Å². The zero-order chi connectivity index (χ0) is 16.4. The third-order valence-corrected chi connectivity index (χ3v) is 5.20. The molecule has 0 spiro atoms. The number of thiazole rings is 1. The van der Waals surface area contributed by atoms with Crippen LogP contribution in [0.3, 0.4) is 0 Å². The molecule has 1 N–H and O–H groups in total. The van der Waals surface area contributed by atoms with Gasteiger partial charge in [-0.2, -0.15) is 0 Å². The van der Waals surface area contributed by atoms with Crippen LogP contribution in [0.25, 0.3) is 10.8 Å². The van der Waals surface area contributed by atoms with Crippen molar-refractivity contribution in [3.63, 3.8) is 0 Å². The molecule has 0 bridgehead atoms. The van der Waals surface area contributed by atoms with Crippen molar-refractivity contribution in [1.82, 2.24) is 19.9 Å². The Bertz CT molecular complexity index is 803. The molecule has 4 rings (SSSR count). The molecule has 1 aromatic carbocycles. The molecule has 24 heavy (non-hydrogen) atoms. The van der Waals surface area contributed by atoms with Gasteiger partial charge in [0.1, 0.15) is 5.75 Å². The summed E-state index contributed by atoms with van der Waals surface area (Å²) in [6, 6.07) is 9.76. The number of benzene rings is 1. The van der Waals surface area contributed by atoms with E-state index in [0.29, 0.717) is 17.6 Å². The third kappa shape index (κ3) is 3.16. The minimum atomic E-state index is 0.315. The Morgan fingerprint density at radius 1 is 1.17 bits per heavy atom. The number of phenolic OH excluding ortho intramolecular Hbond substituents is 1. The highest BCUT2D eigenvalue weighted by Gasteiger charge is 2.26. The Morgan fingerprint density at radius 3 is 2.75 bits per heavy atom. The molecule has 6 heteroatoms. The summed E-state index contributed by atoms with van der Waals surface area (Å²) in [6.07, 6.45) is 5.81. The Morgan fingerprint density at radius 2 is 1.96 bits per heavy atom. The quantitative estimate of drug-likeness (QED) is 0.787. The average Bonchev–Trinajstić information content (AvgIpc) is 3.27. The highest BCUT2D eigenvalue weighted by atomic mass is 32.1. The van der Waals surface area contributed by atoms with Gasteiger partial charge >= 0.3 is 0 Å². The SMILES string of the molecule is Oc1ccc(C2CCCN2Cc2csc(-c3ncccn3)n2)cc1. The summed E-state index contributed by atoms with van der Waals surface area (Å²) < 4.78 is 0. The second-order valence-corrected chi connectivity index (χ2v) is 6.79. The molecule has 0 aliphatic carbocycles. The Labute approximate surface area is 144 Å². The number of phenols is 1. The van der Waals surface area contributed by atoms with Gasteiger partial charge in [0.15, 0.2) is 10.8 Å². The van der Waals surface area contributed by atoms with Crippen molar-refractivity contribution < 1.29 is 5.11 Å². The number of aromatic nitrogens is 3. The molecule has 1 saturated heterocycles. The highest BCUT2D eigenvalue weighted by Crippen LogP contribution is 2.34. The van der Waals surface area contributed by atoms with Gasteiger partial charge in [0, 0.05) is 30.4 Å². The molecule has 1 aliphatic heterocycles. The molecule has 1 unspecified atom stereocenters. The molecule has 3 heterocycles. The monoisotopic (exact) mass is 338 g/mol. The number of nitrogens with zero attached hydrogens (tertiary/aromatic N) is 4. The summed E-state index contributed by atoms with van der Waals surface area (Å²) >= 11 is 1.59. The first-order chi connectivity index (χ1) is 11.8. The van der Waals surface area contributed by atoms with Crippen LogP contribution in [0.4, 0.5) is 0 Å². The van der Waals surface area contributed by atoms with Crippen LogP contribution >= 0.6 is 11.3 Å². The van der Waals surface area contributed by atoms with Crippen molar-refractivity contribution in [2.45, 2.75) is 25.4 Å². The fraction of sp³-hybridized carbons (Fsp3) is 0.278. The second-order valence-electron chi connectivity index (χ2n) is 5.94. The van der Waals surface area contributed by atoms with Gasteiger partial charge < -0.3 is 5.11 Å². The molecule has 1 fully saturated rings. The molecule has 3 aromatic rings. The first kappa shape index (κ1) is 15.2. The van der Waals surface area contributed by atoms with E-state index in [9.17, 15) is 5.11 Å². The highest BCUT2D eigenvalue weighted by molar-refractivity contribution is 7.13. The van der Waals surface area contributed by atoms with Gasteiger partial charge in [-0.1, -0.05) is 12.1 Å². The minimum Gasteiger partial charge on any atom is -0.508 e. The first-order valence-electron chi connectivity index (χ1n) is 8.04. The van der Waals surface area contributed by atoms with Crippen LogP contribution in [0.1, 0.15) is 30.1 Å². The topological polar surface area (TPSA) is 62.1 Å². The largest absolute Gasteiger partial charge is 0.508 e. The van der Waals surface area contributed by atoms with Gasteiger partial charge in [0.2, 0.25) is 0 Å². The summed E-state index contributed by atoms with van der Waals surface area (Å²) in [5.74, 6) is 1.00. The molecular formula is C18H18N4OS. The van der Waals surface area contributed by atoms with Crippen molar-refractivity contribution in [2.24, 2.45) is 0 Å². The number of aromatic hydroxyl groups is 1. The number of rotatable bonds is 4. The van der Waals surface area contributed by atoms with Crippen LogP contribution in [0.5, 0.6) is 5.75 Å². The summed E-state index contributed by atoms with van der Waals surface area (Å²) in [6.45, 7) is 1.90. The van der Waals surface area contributed by atoms with E-state index in [1.807, 2.05) is 18.2 Å². The van der Waals surface area contributed by atoms with Crippen LogP contribution in [-0.2, 0) is 6.54 Å². The Balaban J connectivity index is 1.50. The van der Waals surface area contributed by atoms with Crippen molar-refractivity contribution in [3.8, 4) is 16.6 Å². The fourth-order valence-electron chi connectivity index (χ4n) is 3.19. The summed E-state index contributed by atoms with van der Waals surface area (Å²) in [7, 11) is 0. The van der Waals surface area contributed by atoms with Gasteiger partial charge in [-0.3, -0.25) is 4.90 Å². The second kappa shape index (κ2) is 6.67. The Hall–Kier alpha value is -2.31. The fourth-order valence-corrected chi connectivity index (χ4v) is 3.94. The van der Waals surface area contributed by atoms with E-state index >= 15 is 0 Å². The predicted molar refractivity (Wildman–Crippen MR) is 93.6 cm³/mol. The lowest BCUT2D eigenvalue weighted by Gasteiger charge is -2.24. The van der Waals surface area contributed by atoms with Gasteiger partial charge in [0.05, 0.1) is 5.69 Å². The van der Waals surface area contributed by atoms with E-state index in [1.165, 1.54) is 12.0 Å². The van der Waals surface area contributed by atoms with Gasteiger partial charge in [-0.25, -0.2) is 15.0 Å². The normalized spacial score (nSPS) is 18.1. The first-order valence-corrected chi connectivity index (χ1v) is 8.92. The van der Waals surface area contributed by atoms with Crippen molar-refractivity contribution >= 4 is 11.3 Å². The van der Waals surface area contributed by atoms with Gasteiger partial charge in [-0.05, 0) is 43.1 Å². The van der Waals surface area contributed by atoms with Crippen molar-refractivity contribution in [1.29, 1.82) is 0 Å². The maximum atomic E-state index is 9.48. The standard InChI is InChI=1S/C18H18N4OS/c23-15-6-4-13(5-7-15)16-3-1-10-22(16)11-14-12-24-18(21-14)17-19-8-2-9-20-17/h2,4-9,12,16,23H,1,3,10-11H2. The zero-order valence-electron chi connectivity index (χ0n) is 13.2. The molecule has 2 aromatic heterocycles. The van der Waals surface area contributed by atoms with Crippen molar-refractivity contribution in [3.05, 3.63) is 59.4 Å². The average molecular weight is 338 g/mol. The van der Waals surface area contributed by atoms with Gasteiger partial charge in [0.25, 0.3) is 0 Å². The van der Waals surface area contributed by atoms with E-state index < -0.39 is 0 Å². The van der Waals surface area contributed by atoms with E-state index in [4.69, 9.17) is 4.98 Å². The molecule has 0 radical (unpaired) electrons. The molecular weight excluding hydrogens is 320 g/mol. The predicted octanol–water partition coefficient (Wildman–Crippen LogP) is 3.64. The minimum absolute atomic E-state index is 0.315. The molecule has 0 saturated carbocycles. The molecule has 5 nitrogen and oxygen atoms in total. The van der Waals surface area contributed by atoms with Crippen molar-refractivity contribution in [2.75, 3.05) is 6.54 Å². The summed E-state index contributed by atoms with van der Waals surface area (Å²) in [5.41, 5.74) is 2.32. The van der Waals surface area contributed by atoms with E-state index in [2.05, 4.69) is 20.2 Å². The lowest BCUT2D eigenvalue weighted by atomic mass is 10.0. The summed E-state index contributed by atoms with van der Waals surface area (Å²) in [4.78, 5) is 15.7. The maximum absolute atomic E-state index is 9.48. The van der Waals surface area contributed by atoms with Gasteiger partial charge in [-0.15, -0.1) is 11.3 Å². The Kier molecular flexibility index (Phi) is 4.23. The molecule has 122 valence electrons. The van der Waals surface area contributed by atoms with Crippen LogP contribution in [0.15, 0.2) is 48.1 Å². The lowest BCUT2D eigenvalue weighted by molar-refractivity contribution is 0.246. The summed E-state index contributed by atoms with van der Waals surface area (Å²) in [5, 5.41) is 12.4. The van der Waals surface area contributed by atoms with Crippen LogP contribution < -0.4 is 0 Å². The van der Waals surface area contributed by atoms with E-state index in [-0.39, 0.29) is 0 Å². The van der Waals surface area contributed by atoms with Crippen LogP contribution in [-0.4, -0.2) is 31.5 Å².